The summed E-state index contributed by atoms with van der Waals surface area (Å²) in [5.74, 6) is -0.251. The molecule has 4 heteroatoms. The van der Waals surface area contributed by atoms with E-state index in [-0.39, 0.29) is 11.6 Å². The molecular weight excluding hydrogens is 372 g/mol. The first-order valence-corrected chi connectivity index (χ1v) is 10.5. The number of pyridine rings is 1. The first kappa shape index (κ1) is 18.5. The van der Waals surface area contributed by atoms with Gasteiger partial charge >= 0.3 is 0 Å². The van der Waals surface area contributed by atoms with Gasteiger partial charge in [0.15, 0.2) is 11.6 Å². The van der Waals surface area contributed by atoms with Gasteiger partial charge in [0.1, 0.15) is 0 Å². The zero-order valence-electron chi connectivity index (χ0n) is 16.9. The van der Waals surface area contributed by atoms with Crippen LogP contribution in [-0.2, 0) is 0 Å². The predicted octanol–water partition coefficient (Wildman–Crippen LogP) is 5.77. The molecule has 1 N–H and O–H groups in total. The van der Waals surface area contributed by atoms with Gasteiger partial charge in [-0.05, 0) is 24.6 Å². The minimum atomic E-state index is -0.134. The molecule has 0 atom stereocenters. The van der Waals surface area contributed by atoms with Gasteiger partial charge in [-0.2, -0.15) is 0 Å². The molecule has 5 rings (SSSR count). The number of ketones is 2. The Morgan fingerprint density at radius 3 is 2.37 bits per heavy atom. The third-order valence-corrected chi connectivity index (χ3v) is 5.79. The number of hydrogen-bond acceptors (Lipinski definition) is 4. The zero-order chi connectivity index (χ0) is 20.7. The van der Waals surface area contributed by atoms with Crippen molar-refractivity contribution in [1.29, 1.82) is 0 Å². The molecule has 0 fully saturated rings. The van der Waals surface area contributed by atoms with Gasteiger partial charge in [0.2, 0.25) is 0 Å². The van der Waals surface area contributed by atoms with Gasteiger partial charge in [0.25, 0.3) is 0 Å². The van der Waals surface area contributed by atoms with Crippen molar-refractivity contribution < 1.29 is 9.59 Å². The maximum Gasteiger partial charge on any atom is 0.196 e. The van der Waals surface area contributed by atoms with Crippen LogP contribution in [0.2, 0.25) is 0 Å². The minimum absolute atomic E-state index is 0.117. The Kier molecular flexibility index (Phi) is 4.55. The van der Waals surface area contributed by atoms with Gasteiger partial charge < -0.3 is 5.32 Å². The van der Waals surface area contributed by atoms with Crippen LogP contribution >= 0.6 is 0 Å². The maximum absolute atomic E-state index is 13.4. The lowest BCUT2D eigenvalue weighted by Crippen LogP contribution is -2.22. The SMILES string of the molecule is CCCCCNc1cc2c(c3nc4ccccc4cc13)C(=O)c1ccccc1C2=O. The summed E-state index contributed by atoms with van der Waals surface area (Å²) in [6.07, 6.45) is 3.33. The van der Waals surface area contributed by atoms with Crippen LogP contribution in [0.15, 0.2) is 60.7 Å². The van der Waals surface area contributed by atoms with Crippen LogP contribution < -0.4 is 5.32 Å². The van der Waals surface area contributed by atoms with Crippen molar-refractivity contribution in [2.75, 3.05) is 11.9 Å². The molecule has 148 valence electrons. The second-order valence-corrected chi connectivity index (χ2v) is 7.76. The summed E-state index contributed by atoms with van der Waals surface area (Å²) in [6, 6.07) is 18.8. The lowest BCUT2D eigenvalue weighted by Gasteiger charge is -2.21. The van der Waals surface area contributed by atoms with Gasteiger partial charge in [-0.15, -0.1) is 0 Å². The maximum atomic E-state index is 13.4. The molecule has 1 aromatic heterocycles. The average Bonchev–Trinajstić information content (AvgIpc) is 2.78. The van der Waals surface area contributed by atoms with Gasteiger partial charge in [0.05, 0.1) is 16.6 Å². The average molecular weight is 394 g/mol. The molecule has 1 aliphatic carbocycles. The molecule has 30 heavy (non-hydrogen) atoms. The van der Waals surface area contributed by atoms with Gasteiger partial charge in [-0.25, -0.2) is 4.98 Å². The van der Waals surface area contributed by atoms with Crippen molar-refractivity contribution in [2.45, 2.75) is 26.2 Å². The van der Waals surface area contributed by atoms with Crippen molar-refractivity contribution in [3.63, 3.8) is 0 Å². The Hall–Kier alpha value is -3.53. The van der Waals surface area contributed by atoms with Crippen molar-refractivity contribution in [3.8, 4) is 0 Å². The highest BCUT2D eigenvalue weighted by Gasteiger charge is 2.32. The number of nitrogens with zero attached hydrogens (tertiary/aromatic N) is 1. The normalized spacial score (nSPS) is 12.8. The van der Waals surface area contributed by atoms with Crippen molar-refractivity contribution >= 4 is 39.1 Å². The molecular formula is C26H22N2O2. The van der Waals surface area contributed by atoms with E-state index in [0.717, 1.165) is 47.8 Å². The fourth-order valence-corrected chi connectivity index (χ4v) is 4.25. The van der Waals surface area contributed by atoms with E-state index in [2.05, 4.69) is 18.3 Å². The molecule has 0 saturated carbocycles. The van der Waals surface area contributed by atoms with Crippen LogP contribution in [0.4, 0.5) is 5.69 Å². The third kappa shape index (κ3) is 2.88. The Bertz CT molecular complexity index is 1320. The third-order valence-electron chi connectivity index (χ3n) is 5.79. The molecule has 1 heterocycles. The van der Waals surface area contributed by atoms with E-state index in [1.807, 2.05) is 30.3 Å². The van der Waals surface area contributed by atoms with Crippen molar-refractivity contribution in [3.05, 3.63) is 82.9 Å². The van der Waals surface area contributed by atoms with Crippen LogP contribution in [0, 0.1) is 0 Å². The molecule has 0 spiro atoms. The van der Waals surface area contributed by atoms with E-state index < -0.39 is 0 Å². The van der Waals surface area contributed by atoms with E-state index in [1.165, 1.54) is 0 Å². The molecule has 0 amide bonds. The van der Waals surface area contributed by atoms with E-state index in [1.54, 1.807) is 24.3 Å². The van der Waals surface area contributed by atoms with Crippen LogP contribution in [0.25, 0.3) is 21.8 Å². The van der Waals surface area contributed by atoms with Crippen molar-refractivity contribution in [1.82, 2.24) is 4.98 Å². The number of anilines is 1. The largest absolute Gasteiger partial charge is 0.384 e. The van der Waals surface area contributed by atoms with Gasteiger partial charge in [-0.1, -0.05) is 62.2 Å². The van der Waals surface area contributed by atoms with E-state index in [9.17, 15) is 9.59 Å². The number of fused-ring (bicyclic) bond motifs is 5. The Balaban J connectivity index is 1.77. The van der Waals surface area contributed by atoms with Gasteiger partial charge in [-0.3, -0.25) is 9.59 Å². The quantitative estimate of drug-likeness (QED) is 0.304. The standard InChI is InChI=1S/C26H22N2O2/c1-2-3-8-13-27-22-15-20-23(26(30)18-11-6-5-10-17(18)25(20)29)24-19(22)14-16-9-4-7-12-21(16)28-24/h4-7,9-12,14-15,27H,2-3,8,13H2,1H3. The summed E-state index contributed by atoms with van der Waals surface area (Å²) < 4.78 is 0. The summed E-state index contributed by atoms with van der Waals surface area (Å²) in [5.41, 5.74) is 4.04. The highest BCUT2D eigenvalue weighted by atomic mass is 16.1. The number of carbonyl (C=O) groups excluding carboxylic acids is 2. The molecule has 4 aromatic rings. The number of unbranched alkanes of at least 4 members (excludes halogenated alkanes) is 2. The smallest absolute Gasteiger partial charge is 0.196 e. The van der Waals surface area contributed by atoms with E-state index >= 15 is 0 Å². The first-order chi connectivity index (χ1) is 14.7. The number of aromatic nitrogens is 1. The Labute approximate surface area is 174 Å². The second-order valence-electron chi connectivity index (χ2n) is 7.76. The van der Waals surface area contributed by atoms with E-state index in [0.29, 0.717) is 27.8 Å². The molecule has 0 radical (unpaired) electrons. The number of benzene rings is 3. The highest BCUT2D eigenvalue weighted by molar-refractivity contribution is 6.32. The summed E-state index contributed by atoms with van der Waals surface area (Å²) in [6.45, 7) is 2.99. The van der Waals surface area contributed by atoms with Crippen LogP contribution in [-0.4, -0.2) is 23.1 Å². The number of hydrogen-bond donors (Lipinski definition) is 1. The molecule has 0 bridgehead atoms. The highest BCUT2D eigenvalue weighted by Crippen LogP contribution is 2.37. The molecule has 1 aliphatic rings. The van der Waals surface area contributed by atoms with Crippen LogP contribution in [0.1, 0.15) is 58.0 Å². The molecule has 0 aliphatic heterocycles. The summed E-state index contributed by atoms with van der Waals surface area (Å²) in [7, 11) is 0. The fraction of sp³-hybridized carbons (Fsp3) is 0.192. The predicted molar refractivity (Wildman–Crippen MR) is 121 cm³/mol. The monoisotopic (exact) mass is 394 g/mol. The summed E-state index contributed by atoms with van der Waals surface area (Å²) >= 11 is 0. The second kappa shape index (κ2) is 7.38. The van der Waals surface area contributed by atoms with Crippen LogP contribution in [0.3, 0.4) is 0 Å². The Morgan fingerprint density at radius 1 is 0.833 bits per heavy atom. The fourth-order valence-electron chi connectivity index (χ4n) is 4.25. The molecule has 0 saturated heterocycles. The summed E-state index contributed by atoms with van der Waals surface area (Å²) in [4.78, 5) is 31.5. The first-order valence-electron chi connectivity index (χ1n) is 10.5. The molecule has 0 unspecified atom stereocenters. The minimum Gasteiger partial charge on any atom is -0.384 e. The Morgan fingerprint density at radius 2 is 1.57 bits per heavy atom. The summed E-state index contributed by atoms with van der Waals surface area (Å²) in [5, 5.41) is 5.38. The molecule has 4 nitrogen and oxygen atoms in total. The number of para-hydroxylation sites is 1. The van der Waals surface area contributed by atoms with Gasteiger partial charge in [0, 0.05) is 39.7 Å². The number of nitrogens with one attached hydrogen (secondary N) is 1. The topological polar surface area (TPSA) is 59.1 Å². The van der Waals surface area contributed by atoms with Crippen molar-refractivity contribution in [2.24, 2.45) is 0 Å². The number of carbonyl (C=O) groups is 2. The molecule has 3 aromatic carbocycles. The lowest BCUT2D eigenvalue weighted by atomic mass is 9.82. The number of rotatable bonds is 5. The lowest BCUT2D eigenvalue weighted by molar-refractivity contribution is 0.0980. The zero-order valence-corrected chi connectivity index (χ0v) is 16.9. The van der Waals surface area contributed by atoms with Crippen LogP contribution in [0.5, 0.6) is 0 Å². The van der Waals surface area contributed by atoms with E-state index in [4.69, 9.17) is 4.98 Å².